The van der Waals surface area contributed by atoms with Gasteiger partial charge in [-0.2, -0.15) is 14.0 Å². The fraction of sp³-hybridized carbons (Fsp3) is 0.368. The summed E-state index contributed by atoms with van der Waals surface area (Å²) in [5.74, 6) is -0.0875. The van der Waals surface area contributed by atoms with E-state index in [9.17, 15) is 18.8 Å². The van der Waals surface area contributed by atoms with Gasteiger partial charge in [0, 0.05) is 11.4 Å². The maximum Gasteiger partial charge on any atom is 0.387 e. The number of hydrogen-bond acceptors (Lipinski definition) is 5. The molecule has 0 aliphatic heterocycles. The molecule has 0 saturated heterocycles. The molecule has 1 aliphatic carbocycles. The first kappa shape index (κ1) is 19.3. The van der Waals surface area contributed by atoms with Crippen molar-refractivity contribution in [3.63, 3.8) is 0 Å². The van der Waals surface area contributed by atoms with Crippen molar-refractivity contribution in [2.24, 2.45) is 0 Å². The number of alkyl halides is 2. The highest BCUT2D eigenvalue weighted by Crippen LogP contribution is 2.38. The molecule has 0 atom stereocenters. The lowest BCUT2D eigenvalue weighted by atomic mass is 10.1. The first-order chi connectivity index (χ1) is 13.0. The highest BCUT2D eigenvalue weighted by Gasteiger charge is 2.23. The van der Waals surface area contributed by atoms with Gasteiger partial charge in [0.05, 0.1) is 12.1 Å². The molecule has 2 aromatic rings. The number of ether oxygens (including phenoxy) is 1. The summed E-state index contributed by atoms with van der Waals surface area (Å²) in [6, 6.07) is 8.53. The molecule has 1 N–H and O–H groups in total. The van der Waals surface area contributed by atoms with E-state index < -0.39 is 6.61 Å². The third-order valence-corrected chi connectivity index (χ3v) is 5.51. The molecule has 0 unspecified atom stereocenters. The second kappa shape index (κ2) is 8.46. The van der Waals surface area contributed by atoms with Gasteiger partial charge in [0.2, 0.25) is 5.91 Å². The predicted octanol–water partition coefficient (Wildman–Crippen LogP) is 3.78. The van der Waals surface area contributed by atoms with Crippen LogP contribution in [0.5, 0.6) is 5.75 Å². The number of nitrogens with zero attached hydrogens (tertiary/aromatic N) is 2. The minimum atomic E-state index is -2.85. The van der Waals surface area contributed by atoms with E-state index >= 15 is 0 Å². The summed E-state index contributed by atoms with van der Waals surface area (Å²) in [4.78, 5) is 15.3. The van der Waals surface area contributed by atoms with Crippen LogP contribution >= 0.6 is 11.3 Å². The molecule has 0 fully saturated rings. The number of aryl methyl sites for hydroxylation is 1. The van der Waals surface area contributed by atoms with Crippen LogP contribution in [0.1, 0.15) is 28.0 Å². The van der Waals surface area contributed by atoms with E-state index in [1.54, 1.807) is 19.2 Å². The fourth-order valence-corrected chi connectivity index (χ4v) is 4.42. The predicted molar refractivity (Wildman–Crippen MR) is 99.1 cm³/mol. The van der Waals surface area contributed by atoms with Gasteiger partial charge in [0.1, 0.15) is 16.8 Å². The van der Waals surface area contributed by atoms with Crippen LogP contribution in [0.2, 0.25) is 0 Å². The van der Waals surface area contributed by atoms with Gasteiger partial charge >= 0.3 is 6.61 Å². The average Bonchev–Trinajstić information content (AvgIpc) is 3.16. The number of thiophene rings is 1. The largest absolute Gasteiger partial charge is 0.435 e. The Bertz CT molecular complexity index is 859. The molecule has 1 aromatic heterocycles. The molecule has 1 aliphatic rings. The van der Waals surface area contributed by atoms with Crippen LogP contribution < -0.4 is 10.1 Å². The lowest BCUT2D eigenvalue weighted by Gasteiger charge is -2.16. The van der Waals surface area contributed by atoms with Crippen LogP contribution in [0.3, 0.4) is 0 Å². The average molecular weight is 391 g/mol. The van der Waals surface area contributed by atoms with Crippen LogP contribution in [0.25, 0.3) is 0 Å². The van der Waals surface area contributed by atoms with Gasteiger partial charge < -0.3 is 10.1 Å². The van der Waals surface area contributed by atoms with Gasteiger partial charge in [0.25, 0.3) is 0 Å². The van der Waals surface area contributed by atoms with E-state index in [1.165, 1.54) is 28.3 Å². The zero-order chi connectivity index (χ0) is 19.4. The summed E-state index contributed by atoms with van der Waals surface area (Å²) in [6.45, 7) is -2.21. The number of nitrogens with one attached hydrogen (secondary N) is 1. The fourth-order valence-electron chi connectivity index (χ4n) is 3.17. The Kier molecular flexibility index (Phi) is 6.04. The second-order valence-corrected chi connectivity index (χ2v) is 7.52. The molecule has 5 nitrogen and oxygen atoms in total. The number of carbonyl (C=O) groups excluding carboxylic acids is 1. The maximum atomic E-state index is 12.3. The van der Waals surface area contributed by atoms with E-state index in [1.807, 2.05) is 4.90 Å². The van der Waals surface area contributed by atoms with Crippen molar-refractivity contribution in [3.05, 3.63) is 45.8 Å². The standard InChI is InChI=1S/C19H19F2N3O2S/c1-24(10-12-5-7-13(8-6-12)26-19(20)21)11-17(25)23-18-15(9-22)14-3-2-4-16(14)27-18/h5-8,19H,2-4,10-11H2,1H3,(H,23,25). The molecule has 0 saturated carbocycles. The minimum Gasteiger partial charge on any atom is -0.435 e. The lowest BCUT2D eigenvalue weighted by Crippen LogP contribution is -2.29. The Balaban J connectivity index is 1.54. The van der Waals surface area contributed by atoms with Crippen LogP contribution in [0.4, 0.5) is 13.8 Å². The minimum absolute atomic E-state index is 0.101. The second-order valence-electron chi connectivity index (χ2n) is 6.42. The number of hydrogen-bond donors (Lipinski definition) is 1. The first-order valence-electron chi connectivity index (χ1n) is 8.53. The SMILES string of the molecule is CN(CC(=O)Nc1sc2c(c1C#N)CCC2)Cc1ccc(OC(F)F)cc1. The normalized spacial score (nSPS) is 12.9. The quantitative estimate of drug-likeness (QED) is 0.780. The van der Waals surface area contributed by atoms with Crippen molar-refractivity contribution in [2.75, 3.05) is 18.9 Å². The Morgan fingerprint density at radius 3 is 2.78 bits per heavy atom. The highest BCUT2D eigenvalue weighted by atomic mass is 32.1. The van der Waals surface area contributed by atoms with Crippen LogP contribution in [-0.2, 0) is 24.2 Å². The highest BCUT2D eigenvalue weighted by molar-refractivity contribution is 7.16. The number of fused-ring (bicyclic) bond motifs is 1. The summed E-state index contributed by atoms with van der Waals surface area (Å²) >= 11 is 1.49. The van der Waals surface area contributed by atoms with E-state index in [0.717, 1.165) is 30.4 Å². The maximum absolute atomic E-state index is 12.3. The molecular weight excluding hydrogens is 372 g/mol. The van der Waals surface area contributed by atoms with Gasteiger partial charge in [-0.05, 0) is 49.6 Å². The number of halogens is 2. The number of rotatable bonds is 7. The molecule has 27 heavy (non-hydrogen) atoms. The zero-order valence-electron chi connectivity index (χ0n) is 14.8. The topological polar surface area (TPSA) is 65.4 Å². The van der Waals surface area contributed by atoms with E-state index in [0.29, 0.717) is 17.1 Å². The number of benzene rings is 1. The summed E-state index contributed by atoms with van der Waals surface area (Å²) in [7, 11) is 1.79. The Labute approximate surface area is 160 Å². The molecule has 8 heteroatoms. The van der Waals surface area contributed by atoms with Gasteiger partial charge in [-0.15, -0.1) is 11.3 Å². The Morgan fingerprint density at radius 1 is 1.37 bits per heavy atom. The van der Waals surface area contributed by atoms with Crippen LogP contribution in [0.15, 0.2) is 24.3 Å². The zero-order valence-corrected chi connectivity index (χ0v) is 15.6. The van der Waals surface area contributed by atoms with E-state index in [4.69, 9.17) is 0 Å². The number of anilines is 1. The molecule has 1 aromatic carbocycles. The Hall–Kier alpha value is -2.50. The van der Waals surface area contributed by atoms with Crippen molar-refractivity contribution < 1.29 is 18.3 Å². The van der Waals surface area contributed by atoms with Crippen LogP contribution in [0, 0.1) is 11.3 Å². The molecular formula is C19H19F2N3O2S. The molecule has 1 heterocycles. The number of likely N-dealkylation sites (N-methyl/N-ethyl adjacent to an activating group) is 1. The number of nitriles is 1. The van der Waals surface area contributed by atoms with Crippen molar-refractivity contribution in [2.45, 2.75) is 32.4 Å². The Morgan fingerprint density at radius 2 is 2.11 bits per heavy atom. The van der Waals surface area contributed by atoms with Gasteiger partial charge in [0.15, 0.2) is 0 Å². The lowest BCUT2D eigenvalue weighted by molar-refractivity contribution is -0.117. The smallest absolute Gasteiger partial charge is 0.387 e. The van der Waals surface area contributed by atoms with Gasteiger partial charge in [-0.3, -0.25) is 9.69 Å². The van der Waals surface area contributed by atoms with E-state index in [2.05, 4.69) is 16.1 Å². The van der Waals surface area contributed by atoms with Crippen molar-refractivity contribution in [3.8, 4) is 11.8 Å². The summed E-state index contributed by atoms with van der Waals surface area (Å²) in [5.41, 5.74) is 2.55. The monoisotopic (exact) mass is 391 g/mol. The molecule has 0 bridgehead atoms. The summed E-state index contributed by atoms with van der Waals surface area (Å²) < 4.78 is 28.6. The van der Waals surface area contributed by atoms with Crippen molar-refractivity contribution in [1.82, 2.24) is 4.90 Å². The van der Waals surface area contributed by atoms with Gasteiger partial charge in [-0.1, -0.05) is 12.1 Å². The number of amides is 1. The third kappa shape index (κ3) is 4.81. The summed E-state index contributed by atoms with van der Waals surface area (Å²) in [6.07, 6.45) is 2.93. The van der Waals surface area contributed by atoms with Gasteiger partial charge in [-0.25, -0.2) is 0 Å². The third-order valence-electron chi connectivity index (χ3n) is 4.30. The molecule has 3 rings (SSSR count). The number of carbonyl (C=O) groups is 1. The molecule has 142 valence electrons. The van der Waals surface area contributed by atoms with Crippen LogP contribution in [-0.4, -0.2) is 31.0 Å². The van der Waals surface area contributed by atoms with E-state index in [-0.39, 0.29) is 18.2 Å². The first-order valence-corrected chi connectivity index (χ1v) is 9.34. The van der Waals surface area contributed by atoms with Crippen molar-refractivity contribution in [1.29, 1.82) is 5.26 Å². The molecule has 0 spiro atoms. The van der Waals surface area contributed by atoms with Crippen molar-refractivity contribution >= 4 is 22.2 Å². The molecule has 1 amide bonds. The summed E-state index contributed by atoms with van der Waals surface area (Å²) in [5, 5.41) is 12.9. The molecule has 0 radical (unpaired) electrons.